The summed E-state index contributed by atoms with van der Waals surface area (Å²) in [4.78, 5) is 13.3. The van der Waals surface area contributed by atoms with Gasteiger partial charge in [0.05, 0.1) is 19.3 Å². The first-order valence-corrected chi connectivity index (χ1v) is 4.55. The van der Waals surface area contributed by atoms with E-state index in [1.54, 1.807) is 4.90 Å². The van der Waals surface area contributed by atoms with E-state index in [2.05, 4.69) is 0 Å². The number of ether oxygens (including phenoxy) is 1. The SMILES string of the molecule is CCC(C#N)C(=O)N1CCOCC1. The van der Waals surface area contributed by atoms with Crippen molar-refractivity contribution in [3.63, 3.8) is 0 Å². The van der Waals surface area contributed by atoms with Gasteiger partial charge in [0.15, 0.2) is 0 Å². The molecule has 4 nitrogen and oxygen atoms in total. The monoisotopic (exact) mass is 182 g/mol. The second kappa shape index (κ2) is 4.83. The summed E-state index contributed by atoms with van der Waals surface area (Å²) in [6, 6.07) is 2.02. The molecule has 4 heteroatoms. The molecule has 0 spiro atoms. The highest BCUT2D eigenvalue weighted by Crippen LogP contribution is 2.08. The molecule has 0 aliphatic carbocycles. The van der Waals surface area contributed by atoms with Crippen molar-refractivity contribution in [2.45, 2.75) is 13.3 Å². The third-order valence-electron chi connectivity index (χ3n) is 2.18. The van der Waals surface area contributed by atoms with Crippen LogP contribution in [0.5, 0.6) is 0 Å². The topological polar surface area (TPSA) is 53.3 Å². The van der Waals surface area contributed by atoms with Gasteiger partial charge in [-0.2, -0.15) is 5.26 Å². The molecule has 0 N–H and O–H groups in total. The molecule has 1 atom stereocenters. The lowest BCUT2D eigenvalue weighted by Gasteiger charge is -2.28. The Kier molecular flexibility index (Phi) is 3.71. The van der Waals surface area contributed by atoms with Gasteiger partial charge in [0.25, 0.3) is 0 Å². The van der Waals surface area contributed by atoms with Crippen LogP contribution in [0.1, 0.15) is 13.3 Å². The van der Waals surface area contributed by atoms with Crippen LogP contribution in [0.4, 0.5) is 0 Å². The molecule has 1 rings (SSSR count). The molecule has 1 aliphatic heterocycles. The van der Waals surface area contributed by atoms with E-state index in [1.807, 2.05) is 13.0 Å². The molecule has 0 aromatic carbocycles. The average Bonchev–Trinajstić information content (AvgIpc) is 2.21. The van der Waals surface area contributed by atoms with Crippen molar-refractivity contribution in [1.82, 2.24) is 4.90 Å². The number of carbonyl (C=O) groups is 1. The van der Waals surface area contributed by atoms with E-state index in [0.29, 0.717) is 32.7 Å². The lowest BCUT2D eigenvalue weighted by atomic mass is 10.1. The van der Waals surface area contributed by atoms with Gasteiger partial charge in [0.1, 0.15) is 5.92 Å². The Labute approximate surface area is 78.1 Å². The summed E-state index contributed by atoms with van der Waals surface area (Å²) in [5, 5.41) is 8.70. The molecule has 0 bridgehead atoms. The summed E-state index contributed by atoms with van der Waals surface area (Å²) in [5.41, 5.74) is 0. The van der Waals surface area contributed by atoms with Crippen LogP contribution in [0, 0.1) is 17.2 Å². The summed E-state index contributed by atoms with van der Waals surface area (Å²) in [6.45, 7) is 4.28. The normalized spacial score (nSPS) is 19.2. The molecular weight excluding hydrogens is 168 g/mol. The van der Waals surface area contributed by atoms with Gasteiger partial charge in [0.2, 0.25) is 5.91 Å². The zero-order chi connectivity index (χ0) is 9.68. The van der Waals surface area contributed by atoms with Crippen LogP contribution in [-0.4, -0.2) is 37.1 Å². The van der Waals surface area contributed by atoms with Gasteiger partial charge in [-0.25, -0.2) is 0 Å². The van der Waals surface area contributed by atoms with Gasteiger partial charge in [-0.05, 0) is 6.42 Å². The van der Waals surface area contributed by atoms with E-state index < -0.39 is 5.92 Å². The van der Waals surface area contributed by atoms with Crippen molar-refractivity contribution in [3.8, 4) is 6.07 Å². The number of nitrogens with zero attached hydrogens (tertiary/aromatic N) is 2. The maximum Gasteiger partial charge on any atom is 0.240 e. The molecule has 72 valence electrons. The van der Waals surface area contributed by atoms with E-state index in [9.17, 15) is 4.79 Å². The standard InChI is InChI=1S/C9H14N2O2/c1-2-8(7-10)9(12)11-3-5-13-6-4-11/h8H,2-6H2,1H3. The molecule has 0 saturated carbocycles. The third-order valence-corrected chi connectivity index (χ3v) is 2.18. The first-order valence-electron chi connectivity index (χ1n) is 4.55. The van der Waals surface area contributed by atoms with Crippen LogP contribution in [-0.2, 0) is 9.53 Å². The maximum absolute atomic E-state index is 11.6. The van der Waals surface area contributed by atoms with Crippen molar-refractivity contribution >= 4 is 5.91 Å². The Balaban J connectivity index is 2.50. The van der Waals surface area contributed by atoms with E-state index in [1.165, 1.54) is 0 Å². The van der Waals surface area contributed by atoms with Crippen molar-refractivity contribution in [1.29, 1.82) is 5.26 Å². The first kappa shape index (κ1) is 10.0. The molecule has 1 fully saturated rings. The van der Waals surface area contributed by atoms with E-state index in [0.717, 1.165) is 0 Å². The highest BCUT2D eigenvalue weighted by molar-refractivity contribution is 5.81. The molecule has 0 aromatic rings. The Morgan fingerprint density at radius 3 is 2.69 bits per heavy atom. The minimum absolute atomic E-state index is 0.0479. The van der Waals surface area contributed by atoms with E-state index >= 15 is 0 Å². The van der Waals surface area contributed by atoms with Gasteiger partial charge < -0.3 is 9.64 Å². The number of nitriles is 1. The average molecular weight is 182 g/mol. The Hall–Kier alpha value is -1.08. The second-order valence-corrected chi connectivity index (χ2v) is 3.03. The quantitative estimate of drug-likeness (QED) is 0.621. The summed E-state index contributed by atoms with van der Waals surface area (Å²) < 4.78 is 5.12. The Morgan fingerprint density at radius 2 is 2.23 bits per heavy atom. The predicted octanol–water partition coefficient (Wildman–Crippen LogP) is 0.395. The van der Waals surface area contributed by atoms with Crippen LogP contribution < -0.4 is 0 Å². The van der Waals surface area contributed by atoms with Crippen molar-refractivity contribution < 1.29 is 9.53 Å². The van der Waals surface area contributed by atoms with Gasteiger partial charge in [-0.3, -0.25) is 4.79 Å². The van der Waals surface area contributed by atoms with Gasteiger partial charge in [-0.1, -0.05) is 6.92 Å². The van der Waals surface area contributed by atoms with Crippen molar-refractivity contribution in [2.75, 3.05) is 26.3 Å². The lowest BCUT2D eigenvalue weighted by Crippen LogP contribution is -2.43. The highest BCUT2D eigenvalue weighted by Gasteiger charge is 2.23. The lowest BCUT2D eigenvalue weighted by molar-refractivity contribution is -0.137. The van der Waals surface area contributed by atoms with Crippen LogP contribution in [0.15, 0.2) is 0 Å². The number of hydrogen-bond acceptors (Lipinski definition) is 3. The van der Waals surface area contributed by atoms with Gasteiger partial charge in [0, 0.05) is 13.1 Å². The van der Waals surface area contributed by atoms with E-state index in [4.69, 9.17) is 10.00 Å². The van der Waals surface area contributed by atoms with Crippen molar-refractivity contribution in [3.05, 3.63) is 0 Å². The fraction of sp³-hybridized carbons (Fsp3) is 0.778. The second-order valence-electron chi connectivity index (χ2n) is 3.03. The Morgan fingerprint density at radius 1 is 1.62 bits per heavy atom. The minimum Gasteiger partial charge on any atom is -0.378 e. The summed E-state index contributed by atoms with van der Waals surface area (Å²) in [5.74, 6) is -0.522. The van der Waals surface area contributed by atoms with Crippen LogP contribution in [0.3, 0.4) is 0 Å². The number of carbonyl (C=O) groups excluding carboxylic acids is 1. The molecule has 1 aliphatic rings. The van der Waals surface area contributed by atoms with Gasteiger partial charge >= 0.3 is 0 Å². The fourth-order valence-corrected chi connectivity index (χ4v) is 1.33. The smallest absolute Gasteiger partial charge is 0.240 e. The van der Waals surface area contributed by atoms with Crippen LogP contribution in [0.25, 0.3) is 0 Å². The molecule has 1 unspecified atom stereocenters. The molecular formula is C9H14N2O2. The molecule has 0 radical (unpaired) electrons. The first-order chi connectivity index (χ1) is 6.29. The van der Waals surface area contributed by atoms with Crippen LogP contribution in [0.2, 0.25) is 0 Å². The summed E-state index contributed by atoms with van der Waals surface area (Å²) in [7, 11) is 0. The fourth-order valence-electron chi connectivity index (χ4n) is 1.33. The summed E-state index contributed by atoms with van der Waals surface area (Å²) in [6.07, 6.45) is 0.590. The zero-order valence-electron chi connectivity index (χ0n) is 7.82. The summed E-state index contributed by atoms with van der Waals surface area (Å²) >= 11 is 0. The van der Waals surface area contributed by atoms with Crippen LogP contribution >= 0.6 is 0 Å². The molecule has 1 amide bonds. The van der Waals surface area contributed by atoms with E-state index in [-0.39, 0.29) is 5.91 Å². The Bertz CT molecular complexity index is 216. The number of hydrogen-bond donors (Lipinski definition) is 0. The number of rotatable bonds is 2. The third kappa shape index (κ3) is 2.43. The number of amides is 1. The zero-order valence-corrected chi connectivity index (χ0v) is 7.82. The molecule has 1 saturated heterocycles. The predicted molar refractivity (Wildman–Crippen MR) is 46.8 cm³/mol. The molecule has 1 heterocycles. The van der Waals surface area contributed by atoms with Crippen molar-refractivity contribution in [2.24, 2.45) is 5.92 Å². The largest absolute Gasteiger partial charge is 0.378 e. The van der Waals surface area contributed by atoms with Gasteiger partial charge in [-0.15, -0.1) is 0 Å². The molecule has 13 heavy (non-hydrogen) atoms. The molecule has 0 aromatic heterocycles. The number of morpholine rings is 1. The highest BCUT2D eigenvalue weighted by atomic mass is 16.5. The maximum atomic E-state index is 11.6. The minimum atomic E-state index is -0.474.